The van der Waals surface area contributed by atoms with Gasteiger partial charge < -0.3 is 10.8 Å². The summed E-state index contributed by atoms with van der Waals surface area (Å²) in [5.41, 5.74) is 6.74. The van der Waals surface area contributed by atoms with E-state index in [-0.39, 0.29) is 18.2 Å². The minimum absolute atomic E-state index is 0.0535. The number of hydrogen-bond acceptors (Lipinski definition) is 4. The Bertz CT molecular complexity index is 569. The van der Waals surface area contributed by atoms with Crippen molar-refractivity contribution >= 4 is 17.9 Å². The van der Waals surface area contributed by atoms with Gasteiger partial charge in [0.2, 0.25) is 5.91 Å². The fourth-order valence-electron chi connectivity index (χ4n) is 2.71. The van der Waals surface area contributed by atoms with Crippen molar-refractivity contribution in [3.8, 4) is 0 Å². The number of likely N-dealkylation sites (tertiary alicyclic amines) is 1. The molecule has 1 unspecified atom stereocenters. The van der Waals surface area contributed by atoms with E-state index < -0.39 is 6.23 Å². The van der Waals surface area contributed by atoms with Crippen molar-refractivity contribution in [2.45, 2.75) is 44.8 Å². The van der Waals surface area contributed by atoms with E-state index in [2.05, 4.69) is 0 Å². The summed E-state index contributed by atoms with van der Waals surface area (Å²) in [4.78, 5) is 25.4. The number of rotatable bonds is 8. The summed E-state index contributed by atoms with van der Waals surface area (Å²) in [6, 6.07) is 9.40. The lowest BCUT2D eigenvalue weighted by atomic mass is 10.1. The van der Waals surface area contributed by atoms with E-state index in [1.54, 1.807) is 6.08 Å². The number of aliphatic hydroxyl groups is 1. The zero-order valence-electron chi connectivity index (χ0n) is 13.3. The predicted octanol–water partition coefficient (Wildman–Crippen LogP) is 2.06. The topological polar surface area (TPSA) is 83.6 Å². The summed E-state index contributed by atoms with van der Waals surface area (Å²) in [7, 11) is 0. The number of carbonyl (C=O) groups is 2. The molecule has 2 amide bonds. The number of imide groups is 1. The Morgan fingerprint density at radius 2 is 1.83 bits per heavy atom. The summed E-state index contributed by atoms with van der Waals surface area (Å²) >= 11 is 0. The van der Waals surface area contributed by atoms with Gasteiger partial charge in [-0.2, -0.15) is 0 Å². The lowest BCUT2D eigenvalue weighted by Gasteiger charge is -2.20. The zero-order valence-corrected chi connectivity index (χ0v) is 13.3. The van der Waals surface area contributed by atoms with Gasteiger partial charge in [-0.05, 0) is 37.4 Å². The standard InChI is InChI=1S/C18H24N2O3/c19-11-7-2-1-6-10-16(21)20-17(22)13-15(18(20)23)12-14-8-4-3-5-9-14/h3-5,8-9,12,16,21H,1-2,6-7,10-11,13,19H2/b15-12+. The van der Waals surface area contributed by atoms with E-state index >= 15 is 0 Å². The molecule has 0 aliphatic carbocycles. The molecule has 1 aromatic rings. The molecule has 0 aromatic heterocycles. The van der Waals surface area contributed by atoms with E-state index in [0.29, 0.717) is 18.5 Å². The molecule has 5 nitrogen and oxygen atoms in total. The second-order valence-electron chi connectivity index (χ2n) is 5.80. The van der Waals surface area contributed by atoms with Gasteiger partial charge in [0.1, 0.15) is 6.23 Å². The minimum atomic E-state index is -1.03. The van der Waals surface area contributed by atoms with E-state index in [0.717, 1.165) is 36.1 Å². The molecule has 1 heterocycles. The van der Waals surface area contributed by atoms with Crippen LogP contribution in [-0.4, -0.2) is 34.6 Å². The largest absolute Gasteiger partial charge is 0.373 e. The summed E-state index contributed by atoms with van der Waals surface area (Å²) < 4.78 is 0. The second kappa shape index (κ2) is 8.60. The van der Waals surface area contributed by atoms with Crippen LogP contribution in [0.1, 0.15) is 44.1 Å². The third kappa shape index (κ3) is 4.74. The third-order valence-electron chi connectivity index (χ3n) is 3.96. The first-order valence-electron chi connectivity index (χ1n) is 8.13. The smallest absolute Gasteiger partial charge is 0.259 e. The van der Waals surface area contributed by atoms with Crippen LogP contribution in [0, 0.1) is 0 Å². The van der Waals surface area contributed by atoms with Crippen LogP contribution in [0.3, 0.4) is 0 Å². The number of carbonyl (C=O) groups excluding carboxylic acids is 2. The van der Waals surface area contributed by atoms with Crippen LogP contribution in [0.25, 0.3) is 6.08 Å². The molecule has 1 atom stereocenters. The van der Waals surface area contributed by atoms with Crippen LogP contribution in [0.2, 0.25) is 0 Å². The van der Waals surface area contributed by atoms with E-state index in [1.807, 2.05) is 30.3 Å². The summed E-state index contributed by atoms with van der Waals surface area (Å²) in [5, 5.41) is 10.2. The average Bonchev–Trinajstić information content (AvgIpc) is 2.82. The van der Waals surface area contributed by atoms with Crippen molar-refractivity contribution in [3.63, 3.8) is 0 Å². The molecule has 1 aromatic carbocycles. The van der Waals surface area contributed by atoms with Crippen LogP contribution in [0.5, 0.6) is 0 Å². The molecule has 0 spiro atoms. The number of aliphatic hydroxyl groups excluding tert-OH is 1. The zero-order chi connectivity index (χ0) is 16.7. The number of nitrogens with two attached hydrogens (primary N) is 1. The maximum absolute atomic E-state index is 12.4. The van der Waals surface area contributed by atoms with E-state index in [1.165, 1.54) is 0 Å². The highest BCUT2D eigenvalue weighted by Gasteiger charge is 2.37. The van der Waals surface area contributed by atoms with Gasteiger partial charge in [-0.15, -0.1) is 0 Å². The first-order valence-corrected chi connectivity index (χ1v) is 8.13. The highest BCUT2D eigenvalue weighted by atomic mass is 16.3. The Kier molecular flexibility index (Phi) is 6.50. The van der Waals surface area contributed by atoms with Crippen LogP contribution in [0.15, 0.2) is 35.9 Å². The molecule has 5 heteroatoms. The Morgan fingerprint density at radius 3 is 2.52 bits per heavy atom. The van der Waals surface area contributed by atoms with Crippen molar-refractivity contribution in [1.82, 2.24) is 4.90 Å². The van der Waals surface area contributed by atoms with Gasteiger partial charge in [0.25, 0.3) is 5.91 Å². The normalized spacial score (nSPS) is 18.0. The van der Waals surface area contributed by atoms with Gasteiger partial charge in [-0.3, -0.25) is 14.5 Å². The number of amides is 2. The molecule has 1 aliphatic heterocycles. The van der Waals surface area contributed by atoms with Crippen LogP contribution in [-0.2, 0) is 9.59 Å². The van der Waals surface area contributed by atoms with E-state index in [4.69, 9.17) is 5.73 Å². The molecule has 1 aliphatic rings. The van der Waals surface area contributed by atoms with Crippen molar-refractivity contribution in [2.75, 3.05) is 6.54 Å². The van der Waals surface area contributed by atoms with Crippen molar-refractivity contribution in [2.24, 2.45) is 5.73 Å². The van der Waals surface area contributed by atoms with Crippen LogP contribution >= 0.6 is 0 Å². The molecular weight excluding hydrogens is 292 g/mol. The lowest BCUT2D eigenvalue weighted by Crippen LogP contribution is -2.39. The molecule has 124 valence electrons. The maximum Gasteiger partial charge on any atom is 0.259 e. The SMILES string of the molecule is NCCCCCCC(O)N1C(=O)C/C(=C\c2ccccc2)C1=O. The van der Waals surface area contributed by atoms with Crippen LogP contribution < -0.4 is 5.73 Å². The van der Waals surface area contributed by atoms with Gasteiger partial charge in [-0.1, -0.05) is 43.2 Å². The number of unbranched alkanes of at least 4 members (excludes halogenated alkanes) is 3. The van der Waals surface area contributed by atoms with Gasteiger partial charge in [0.15, 0.2) is 0 Å². The fraction of sp³-hybridized carbons (Fsp3) is 0.444. The summed E-state index contributed by atoms with van der Waals surface area (Å²) in [6.07, 6.45) is 4.83. The minimum Gasteiger partial charge on any atom is -0.373 e. The molecule has 23 heavy (non-hydrogen) atoms. The molecular formula is C18H24N2O3. The first kappa shape index (κ1) is 17.4. The first-order chi connectivity index (χ1) is 11.1. The fourth-order valence-corrected chi connectivity index (χ4v) is 2.71. The van der Waals surface area contributed by atoms with Crippen molar-refractivity contribution < 1.29 is 14.7 Å². The summed E-state index contributed by atoms with van der Waals surface area (Å²) in [5.74, 6) is -0.708. The summed E-state index contributed by atoms with van der Waals surface area (Å²) in [6.45, 7) is 0.666. The Morgan fingerprint density at radius 1 is 1.13 bits per heavy atom. The molecule has 0 bridgehead atoms. The van der Waals surface area contributed by atoms with Gasteiger partial charge in [0, 0.05) is 5.57 Å². The van der Waals surface area contributed by atoms with Gasteiger partial charge in [0.05, 0.1) is 6.42 Å². The molecule has 1 fully saturated rings. The monoisotopic (exact) mass is 316 g/mol. The molecule has 0 saturated carbocycles. The average molecular weight is 316 g/mol. The van der Waals surface area contributed by atoms with Gasteiger partial charge >= 0.3 is 0 Å². The molecule has 3 N–H and O–H groups in total. The Balaban J connectivity index is 1.94. The van der Waals surface area contributed by atoms with Gasteiger partial charge in [-0.25, -0.2) is 0 Å². The Labute approximate surface area is 136 Å². The predicted molar refractivity (Wildman–Crippen MR) is 89.0 cm³/mol. The highest BCUT2D eigenvalue weighted by molar-refractivity contribution is 6.15. The van der Waals surface area contributed by atoms with Crippen molar-refractivity contribution in [1.29, 1.82) is 0 Å². The third-order valence-corrected chi connectivity index (χ3v) is 3.96. The molecule has 0 radical (unpaired) electrons. The van der Waals surface area contributed by atoms with Crippen molar-refractivity contribution in [3.05, 3.63) is 41.5 Å². The number of benzene rings is 1. The Hall–Kier alpha value is -1.98. The molecule has 2 rings (SSSR count). The highest BCUT2D eigenvalue weighted by Crippen LogP contribution is 2.24. The maximum atomic E-state index is 12.4. The van der Waals surface area contributed by atoms with E-state index in [9.17, 15) is 14.7 Å². The lowest BCUT2D eigenvalue weighted by molar-refractivity contribution is -0.148. The quantitative estimate of drug-likeness (QED) is 0.437. The van der Waals surface area contributed by atoms with Crippen LogP contribution in [0.4, 0.5) is 0 Å². The second-order valence-corrected chi connectivity index (χ2v) is 5.80. The number of nitrogens with zero attached hydrogens (tertiary/aromatic N) is 1. The molecule has 1 saturated heterocycles. The number of hydrogen-bond donors (Lipinski definition) is 2.